The number of carboxylic acid groups (broad SMARTS) is 1. The molecular formula is C18H9ClF2O5. The van der Waals surface area contributed by atoms with E-state index in [9.17, 15) is 18.4 Å². The summed E-state index contributed by atoms with van der Waals surface area (Å²) in [4.78, 5) is 21.5. The Labute approximate surface area is 149 Å². The highest BCUT2D eigenvalue weighted by Crippen LogP contribution is 2.24. The van der Waals surface area contributed by atoms with Gasteiger partial charge in [0.15, 0.2) is 5.58 Å². The lowest BCUT2D eigenvalue weighted by molar-refractivity contribution is 0.0697. The van der Waals surface area contributed by atoms with E-state index in [1.54, 1.807) is 0 Å². The standard InChI is InChI=1S/C9H4ClFO2.C9H5FO3/c10-9(12)6-1-2-7(11)5-3-4-13-8(5)6;10-7-2-1-6(9(11)12)8-5(7)3-4-13-8/h1-4H;1-4H,(H,11,12). The monoisotopic (exact) mass is 378 g/mol. The fraction of sp³-hybridized carbons (Fsp3) is 0. The molecule has 0 saturated carbocycles. The lowest BCUT2D eigenvalue weighted by Gasteiger charge is -1.95. The molecule has 4 rings (SSSR count). The average Bonchev–Trinajstić information content (AvgIpc) is 3.25. The molecule has 132 valence electrons. The highest BCUT2D eigenvalue weighted by atomic mass is 35.5. The summed E-state index contributed by atoms with van der Waals surface area (Å²) in [6.45, 7) is 0. The Hall–Kier alpha value is -3.19. The van der Waals surface area contributed by atoms with Crippen LogP contribution in [0.1, 0.15) is 20.7 Å². The summed E-state index contributed by atoms with van der Waals surface area (Å²) in [5.74, 6) is -2.03. The van der Waals surface area contributed by atoms with Crippen LogP contribution in [0.15, 0.2) is 57.8 Å². The van der Waals surface area contributed by atoms with Crippen LogP contribution in [-0.2, 0) is 0 Å². The van der Waals surface area contributed by atoms with Crippen LogP contribution >= 0.6 is 11.6 Å². The molecule has 0 aliphatic carbocycles. The number of furan rings is 2. The first-order valence-electron chi connectivity index (χ1n) is 7.14. The second-order valence-corrected chi connectivity index (χ2v) is 5.44. The first-order chi connectivity index (χ1) is 12.4. The van der Waals surface area contributed by atoms with Gasteiger partial charge in [-0.1, -0.05) is 0 Å². The number of hydrogen-bond acceptors (Lipinski definition) is 4. The molecule has 2 aromatic carbocycles. The Balaban J connectivity index is 0.000000151. The van der Waals surface area contributed by atoms with E-state index >= 15 is 0 Å². The molecule has 26 heavy (non-hydrogen) atoms. The fourth-order valence-corrected chi connectivity index (χ4v) is 2.53. The molecule has 0 saturated heterocycles. The van der Waals surface area contributed by atoms with Gasteiger partial charge in [-0.25, -0.2) is 13.6 Å². The van der Waals surface area contributed by atoms with Crippen molar-refractivity contribution in [2.24, 2.45) is 0 Å². The third-order valence-electron chi connectivity index (χ3n) is 3.57. The molecule has 1 N–H and O–H groups in total. The van der Waals surface area contributed by atoms with Crippen molar-refractivity contribution in [3.63, 3.8) is 0 Å². The maximum Gasteiger partial charge on any atom is 0.339 e. The van der Waals surface area contributed by atoms with Crippen LogP contribution in [0.4, 0.5) is 8.78 Å². The Morgan fingerprint density at radius 1 is 0.808 bits per heavy atom. The van der Waals surface area contributed by atoms with Gasteiger partial charge in [-0.3, -0.25) is 4.79 Å². The van der Waals surface area contributed by atoms with E-state index in [4.69, 9.17) is 25.5 Å². The Morgan fingerprint density at radius 3 is 1.73 bits per heavy atom. The summed E-state index contributed by atoms with van der Waals surface area (Å²) in [7, 11) is 0. The van der Waals surface area contributed by atoms with Gasteiger partial charge in [-0.05, 0) is 48.0 Å². The lowest BCUT2D eigenvalue weighted by atomic mass is 10.1. The molecule has 0 bridgehead atoms. The molecule has 0 amide bonds. The van der Waals surface area contributed by atoms with E-state index in [1.807, 2.05) is 0 Å². The minimum Gasteiger partial charge on any atom is -0.478 e. The number of fused-ring (bicyclic) bond motifs is 2. The fourth-order valence-electron chi connectivity index (χ4n) is 2.38. The van der Waals surface area contributed by atoms with Gasteiger partial charge in [0, 0.05) is 0 Å². The van der Waals surface area contributed by atoms with Crippen molar-refractivity contribution in [3.05, 3.63) is 71.7 Å². The second kappa shape index (κ2) is 6.97. The maximum absolute atomic E-state index is 13.0. The lowest BCUT2D eigenvalue weighted by Crippen LogP contribution is -1.96. The Bertz CT molecular complexity index is 1040. The number of carbonyl (C=O) groups is 2. The molecule has 0 fully saturated rings. The normalized spacial score (nSPS) is 10.6. The molecule has 4 aromatic rings. The third-order valence-corrected chi connectivity index (χ3v) is 3.77. The van der Waals surface area contributed by atoms with E-state index in [0.717, 1.165) is 6.07 Å². The number of rotatable bonds is 2. The van der Waals surface area contributed by atoms with Crippen LogP contribution in [0.3, 0.4) is 0 Å². The van der Waals surface area contributed by atoms with Gasteiger partial charge in [0.05, 0.1) is 28.9 Å². The topological polar surface area (TPSA) is 80.7 Å². The molecule has 0 aliphatic rings. The van der Waals surface area contributed by atoms with Crippen molar-refractivity contribution in [1.29, 1.82) is 0 Å². The van der Waals surface area contributed by atoms with E-state index in [2.05, 4.69) is 0 Å². The third kappa shape index (κ3) is 3.16. The van der Waals surface area contributed by atoms with Crippen molar-refractivity contribution in [2.75, 3.05) is 0 Å². The van der Waals surface area contributed by atoms with Gasteiger partial charge >= 0.3 is 5.97 Å². The SMILES string of the molecule is O=C(Cl)c1ccc(F)c2ccoc12.O=C(O)c1ccc(F)c2ccoc12. The number of aromatic carboxylic acids is 1. The summed E-state index contributed by atoms with van der Waals surface area (Å²) < 4.78 is 35.9. The molecule has 0 aliphatic heterocycles. The van der Waals surface area contributed by atoms with Crippen molar-refractivity contribution >= 4 is 44.8 Å². The maximum atomic E-state index is 13.0. The highest BCUT2D eigenvalue weighted by molar-refractivity contribution is 6.68. The first-order valence-corrected chi connectivity index (χ1v) is 7.52. The van der Waals surface area contributed by atoms with Crippen molar-refractivity contribution in [3.8, 4) is 0 Å². The largest absolute Gasteiger partial charge is 0.478 e. The number of carbonyl (C=O) groups excluding carboxylic acids is 1. The van der Waals surface area contributed by atoms with E-state index < -0.39 is 22.8 Å². The van der Waals surface area contributed by atoms with Gasteiger partial charge in [0.2, 0.25) is 0 Å². The summed E-state index contributed by atoms with van der Waals surface area (Å²) in [5, 5.41) is 8.52. The van der Waals surface area contributed by atoms with Gasteiger partial charge in [0.1, 0.15) is 22.8 Å². The molecule has 0 atom stereocenters. The molecule has 2 aromatic heterocycles. The quantitative estimate of drug-likeness (QED) is 0.483. The summed E-state index contributed by atoms with van der Waals surface area (Å²) in [5.41, 5.74) is 0.428. The average molecular weight is 379 g/mol. The van der Waals surface area contributed by atoms with E-state index in [-0.39, 0.29) is 33.1 Å². The van der Waals surface area contributed by atoms with E-state index in [1.165, 1.54) is 42.9 Å². The molecule has 8 heteroatoms. The number of halogens is 3. The van der Waals surface area contributed by atoms with Crippen LogP contribution < -0.4 is 0 Å². The minimum absolute atomic E-state index is 0.0265. The number of hydrogen-bond donors (Lipinski definition) is 1. The molecule has 0 radical (unpaired) electrons. The van der Waals surface area contributed by atoms with E-state index in [0.29, 0.717) is 0 Å². The van der Waals surface area contributed by atoms with Crippen LogP contribution in [0.2, 0.25) is 0 Å². The Kier molecular flexibility index (Phi) is 4.73. The zero-order valence-corrected chi connectivity index (χ0v) is 13.6. The highest BCUT2D eigenvalue weighted by Gasteiger charge is 2.14. The van der Waals surface area contributed by atoms with Crippen molar-refractivity contribution in [1.82, 2.24) is 0 Å². The van der Waals surface area contributed by atoms with Crippen molar-refractivity contribution in [2.45, 2.75) is 0 Å². The van der Waals surface area contributed by atoms with Gasteiger partial charge < -0.3 is 13.9 Å². The number of benzene rings is 2. The summed E-state index contributed by atoms with van der Waals surface area (Å²) >= 11 is 5.27. The van der Waals surface area contributed by atoms with Crippen LogP contribution in [0.5, 0.6) is 0 Å². The predicted molar refractivity (Wildman–Crippen MR) is 89.5 cm³/mol. The molecule has 0 unspecified atom stereocenters. The van der Waals surface area contributed by atoms with Crippen LogP contribution in [0.25, 0.3) is 21.9 Å². The first kappa shape index (κ1) is 17.6. The summed E-state index contributed by atoms with van der Waals surface area (Å²) in [6.07, 6.45) is 2.58. The van der Waals surface area contributed by atoms with Crippen molar-refractivity contribution < 1.29 is 32.3 Å². The molecular weight excluding hydrogens is 370 g/mol. The second-order valence-electron chi connectivity index (χ2n) is 5.10. The summed E-state index contributed by atoms with van der Waals surface area (Å²) in [6, 6.07) is 7.64. The van der Waals surface area contributed by atoms with Crippen LogP contribution in [-0.4, -0.2) is 16.3 Å². The predicted octanol–water partition coefficient (Wildman–Crippen LogP) is 5.22. The molecule has 0 spiro atoms. The van der Waals surface area contributed by atoms with Gasteiger partial charge in [-0.15, -0.1) is 0 Å². The zero-order valence-electron chi connectivity index (χ0n) is 12.8. The zero-order chi connectivity index (χ0) is 18.8. The molecule has 5 nitrogen and oxygen atoms in total. The smallest absolute Gasteiger partial charge is 0.339 e. The number of carboxylic acids is 1. The van der Waals surface area contributed by atoms with Gasteiger partial charge in [-0.2, -0.15) is 0 Å². The molecule has 2 heterocycles. The Morgan fingerprint density at radius 2 is 1.27 bits per heavy atom. The van der Waals surface area contributed by atoms with Crippen LogP contribution in [0, 0.1) is 11.6 Å². The minimum atomic E-state index is -1.13. The van der Waals surface area contributed by atoms with Gasteiger partial charge in [0.25, 0.3) is 5.24 Å².